The number of nitrogens with one attached hydrogen (secondary N) is 2. The second kappa shape index (κ2) is 6.89. The van der Waals surface area contributed by atoms with Gasteiger partial charge in [-0.2, -0.15) is 0 Å². The molecule has 0 atom stereocenters. The number of benzene rings is 2. The molecule has 0 aliphatic rings. The average Bonchev–Trinajstić information content (AvgIpc) is 2.54. The Bertz CT molecular complexity index is 775. The molecule has 0 bridgehead atoms. The number of nitro benzene ring substituents is 1. The zero-order valence-corrected chi connectivity index (χ0v) is 12.8. The second-order valence-electron chi connectivity index (χ2n) is 4.53. The summed E-state index contributed by atoms with van der Waals surface area (Å²) in [6, 6.07) is 10.0. The van der Waals surface area contributed by atoms with Crippen molar-refractivity contribution < 1.29 is 14.5 Å². The summed E-state index contributed by atoms with van der Waals surface area (Å²) >= 11 is 5.71. The van der Waals surface area contributed by atoms with Crippen molar-refractivity contribution in [1.82, 2.24) is 5.32 Å². The van der Waals surface area contributed by atoms with Gasteiger partial charge in [0, 0.05) is 29.9 Å². The molecule has 0 saturated heterocycles. The maximum Gasteiger partial charge on any atom is 0.288 e. The van der Waals surface area contributed by atoms with Crippen LogP contribution in [0.15, 0.2) is 42.5 Å². The molecule has 0 fully saturated rings. The largest absolute Gasteiger partial charge is 0.355 e. The van der Waals surface area contributed by atoms with Gasteiger partial charge in [0.1, 0.15) is 5.02 Å². The maximum absolute atomic E-state index is 12.1. The van der Waals surface area contributed by atoms with Crippen LogP contribution in [0.5, 0.6) is 0 Å². The summed E-state index contributed by atoms with van der Waals surface area (Å²) in [6.45, 7) is 0. The smallest absolute Gasteiger partial charge is 0.288 e. The number of hydrogen-bond donors (Lipinski definition) is 2. The number of anilines is 1. The van der Waals surface area contributed by atoms with Crippen molar-refractivity contribution in [1.29, 1.82) is 0 Å². The highest BCUT2D eigenvalue weighted by atomic mass is 35.5. The molecule has 8 heteroatoms. The van der Waals surface area contributed by atoms with Crippen molar-refractivity contribution in [2.45, 2.75) is 0 Å². The Kier molecular flexibility index (Phi) is 4.92. The molecule has 2 aromatic carbocycles. The van der Waals surface area contributed by atoms with E-state index in [2.05, 4.69) is 10.6 Å². The van der Waals surface area contributed by atoms with Gasteiger partial charge in [-0.3, -0.25) is 19.7 Å². The van der Waals surface area contributed by atoms with E-state index in [9.17, 15) is 19.7 Å². The van der Waals surface area contributed by atoms with E-state index in [-0.39, 0.29) is 22.2 Å². The monoisotopic (exact) mass is 333 g/mol. The molecule has 0 aliphatic carbocycles. The van der Waals surface area contributed by atoms with Crippen molar-refractivity contribution in [3.63, 3.8) is 0 Å². The molecule has 2 rings (SSSR count). The van der Waals surface area contributed by atoms with E-state index in [1.807, 2.05) is 0 Å². The summed E-state index contributed by atoms with van der Waals surface area (Å²) in [5.74, 6) is -0.756. The molecule has 0 unspecified atom stereocenters. The van der Waals surface area contributed by atoms with Gasteiger partial charge in [-0.1, -0.05) is 11.6 Å². The molecule has 7 nitrogen and oxygen atoms in total. The lowest BCUT2D eigenvalue weighted by atomic mass is 10.1. The molecular formula is C15H12ClN3O4. The summed E-state index contributed by atoms with van der Waals surface area (Å²) in [5, 5.41) is 15.9. The van der Waals surface area contributed by atoms with E-state index in [0.717, 1.165) is 6.07 Å². The predicted octanol–water partition coefficient (Wildman–Crippen LogP) is 2.86. The van der Waals surface area contributed by atoms with Crippen LogP contribution < -0.4 is 10.6 Å². The van der Waals surface area contributed by atoms with Crippen molar-refractivity contribution in [2.24, 2.45) is 0 Å². The number of carbonyl (C=O) groups excluding carboxylic acids is 2. The molecule has 2 amide bonds. The molecule has 2 aromatic rings. The van der Waals surface area contributed by atoms with Gasteiger partial charge in [0.05, 0.1) is 4.92 Å². The van der Waals surface area contributed by atoms with Gasteiger partial charge in [0.2, 0.25) is 0 Å². The van der Waals surface area contributed by atoms with Crippen LogP contribution in [0.2, 0.25) is 5.02 Å². The minimum atomic E-state index is -0.655. The van der Waals surface area contributed by atoms with Crippen LogP contribution in [-0.2, 0) is 0 Å². The Morgan fingerprint density at radius 2 is 1.65 bits per heavy atom. The van der Waals surface area contributed by atoms with Crippen molar-refractivity contribution >= 4 is 34.8 Å². The molecule has 0 saturated carbocycles. The molecule has 0 heterocycles. The van der Waals surface area contributed by atoms with E-state index >= 15 is 0 Å². The summed E-state index contributed by atoms with van der Waals surface area (Å²) in [5.41, 5.74) is 0.679. The van der Waals surface area contributed by atoms with E-state index in [4.69, 9.17) is 11.6 Å². The zero-order valence-electron chi connectivity index (χ0n) is 12.0. The lowest BCUT2D eigenvalue weighted by Gasteiger charge is -2.07. The summed E-state index contributed by atoms with van der Waals surface area (Å²) in [4.78, 5) is 33.7. The second-order valence-corrected chi connectivity index (χ2v) is 4.94. The van der Waals surface area contributed by atoms with Gasteiger partial charge in [0.15, 0.2) is 0 Å². The van der Waals surface area contributed by atoms with Gasteiger partial charge in [0.25, 0.3) is 17.5 Å². The first-order valence-electron chi connectivity index (χ1n) is 6.50. The topological polar surface area (TPSA) is 101 Å². The lowest BCUT2D eigenvalue weighted by molar-refractivity contribution is -0.384. The highest BCUT2D eigenvalue weighted by molar-refractivity contribution is 6.32. The molecule has 0 spiro atoms. The van der Waals surface area contributed by atoms with Gasteiger partial charge >= 0.3 is 0 Å². The van der Waals surface area contributed by atoms with Crippen LogP contribution in [0.25, 0.3) is 0 Å². The Balaban J connectivity index is 2.17. The minimum Gasteiger partial charge on any atom is -0.355 e. The fraction of sp³-hybridized carbons (Fsp3) is 0.0667. The molecule has 0 radical (unpaired) electrons. The molecular weight excluding hydrogens is 322 g/mol. The molecule has 118 valence electrons. The van der Waals surface area contributed by atoms with Crippen molar-refractivity contribution in [2.75, 3.05) is 12.4 Å². The third-order valence-electron chi connectivity index (χ3n) is 3.04. The highest BCUT2D eigenvalue weighted by Gasteiger charge is 2.16. The number of hydrogen-bond acceptors (Lipinski definition) is 4. The summed E-state index contributed by atoms with van der Waals surface area (Å²) < 4.78 is 0. The number of rotatable bonds is 4. The fourth-order valence-corrected chi connectivity index (χ4v) is 2.03. The van der Waals surface area contributed by atoms with Crippen LogP contribution in [0.4, 0.5) is 11.4 Å². The number of amides is 2. The Hall–Kier alpha value is -2.93. The van der Waals surface area contributed by atoms with Crippen molar-refractivity contribution in [3.05, 3.63) is 68.7 Å². The number of halogens is 1. The third-order valence-corrected chi connectivity index (χ3v) is 3.36. The SMILES string of the molecule is CNC(=O)c1ccc(NC(=O)c2ccc(Cl)c([N+](=O)[O-])c2)cc1. The van der Waals surface area contributed by atoms with Gasteiger partial charge in [-0.05, 0) is 36.4 Å². The maximum atomic E-state index is 12.1. The van der Waals surface area contributed by atoms with Crippen LogP contribution in [0.1, 0.15) is 20.7 Å². The third kappa shape index (κ3) is 3.83. The number of carbonyl (C=O) groups is 2. The summed E-state index contributed by atoms with van der Waals surface area (Å²) in [7, 11) is 1.52. The van der Waals surface area contributed by atoms with Gasteiger partial charge in [-0.25, -0.2) is 0 Å². The van der Waals surface area contributed by atoms with E-state index in [1.165, 1.54) is 19.2 Å². The first kappa shape index (κ1) is 16.4. The Morgan fingerprint density at radius 3 is 2.22 bits per heavy atom. The Morgan fingerprint density at radius 1 is 1.04 bits per heavy atom. The van der Waals surface area contributed by atoms with Gasteiger partial charge in [-0.15, -0.1) is 0 Å². The standard InChI is InChI=1S/C15H12ClN3O4/c1-17-14(20)9-2-5-11(6-3-9)18-15(21)10-4-7-12(16)13(8-10)19(22)23/h2-8H,1H3,(H,17,20)(H,18,21). The van der Waals surface area contributed by atoms with E-state index in [1.54, 1.807) is 24.3 Å². The average molecular weight is 334 g/mol. The predicted molar refractivity (Wildman–Crippen MR) is 85.9 cm³/mol. The zero-order chi connectivity index (χ0) is 17.0. The molecule has 2 N–H and O–H groups in total. The van der Waals surface area contributed by atoms with Crippen LogP contribution in [0, 0.1) is 10.1 Å². The van der Waals surface area contributed by atoms with Crippen LogP contribution >= 0.6 is 11.6 Å². The minimum absolute atomic E-state index is 0.0403. The molecule has 0 aliphatic heterocycles. The summed E-state index contributed by atoms with van der Waals surface area (Å²) in [6.07, 6.45) is 0. The first-order valence-corrected chi connectivity index (χ1v) is 6.87. The highest BCUT2D eigenvalue weighted by Crippen LogP contribution is 2.25. The quantitative estimate of drug-likeness (QED) is 0.663. The number of nitro groups is 1. The van der Waals surface area contributed by atoms with Gasteiger partial charge < -0.3 is 10.6 Å². The van der Waals surface area contributed by atoms with E-state index < -0.39 is 10.8 Å². The van der Waals surface area contributed by atoms with Crippen LogP contribution in [0.3, 0.4) is 0 Å². The lowest BCUT2D eigenvalue weighted by Crippen LogP contribution is -2.17. The molecule has 23 heavy (non-hydrogen) atoms. The molecule has 0 aromatic heterocycles. The normalized spacial score (nSPS) is 10.0. The number of nitrogens with zero attached hydrogens (tertiary/aromatic N) is 1. The Labute approximate surface area is 136 Å². The van der Waals surface area contributed by atoms with Crippen LogP contribution in [-0.4, -0.2) is 23.8 Å². The first-order chi connectivity index (χ1) is 10.9. The van der Waals surface area contributed by atoms with Crippen molar-refractivity contribution in [3.8, 4) is 0 Å². The fourth-order valence-electron chi connectivity index (χ4n) is 1.85. The van der Waals surface area contributed by atoms with E-state index in [0.29, 0.717) is 11.3 Å².